The van der Waals surface area contributed by atoms with Crippen LogP contribution in [0.25, 0.3) is 0 Å². The van der Waals surface area contributed by atoms with Crippen molar-refractivity contribution in [3.8, 4) is 0 Å². The molecule has 0 spiro atoms. The monoisotopic (exact) mass is 372 g/mol. The Hall–Kier alpha value is 0.400. The number of fused-ring (bicyclic) bond motifs is 1. The van der Waals surface area contributed by atoms with E-state index in [4.69, 9.17) is 0 Å². The Labute approximate surface area is 142 Å². The van der Waals surface area contributed by atoms with E-state index < -0.39 is 0 Å². The van der Waals surface area contributed by atoms with Gasteiger partial charge in [-0.25, -0.2) is 9.97 Å². The van der Waals surface area contributed by atoms with Gasteiger partial charge >= 0.3 is 0 Å². The number of hydrogen-bond acceptors (Lipinski definition) is 8. The first kappa shape index (κ1) is 14.0. The molecule has 0 atom stereocenters. The molecule has 0 saturated heterocycles. The summed E-state index contributed by atoms with van der Waals surface area (Å²) < 4.78 is 7.04. The molecule has 0 fully saturated rings. The van der Waals surface area contributed by atoms with Crippen LogP contribution in [0.15, 0.2) is 49.2 Å². The Kier molecular flexibility index (Phi) is 3.89. The van der Waals surface area contributed by atoms with E-state index in [1.54, 1.807) is 35.9 Å². The van der Waals surface area contributed by atoms with Gasteiger partial charge in [-0.2, -0.15) is 0 Å². The van der Waals surface area contributed by atoms with Crippen LogP contribution in [0, 0.1) is 0 Å². The summed E-state index contributed by atoms with van der Waals surface area (Å²) in [6.07, 6.45) is 3.53. The van der Waals surface area contributed by atoms with Gasteiger partial charge in [0.15, 0.2) is 0 Å². The molecular formula is C12H8N2S6. The van der Waals surface area contributed by atoms with Crippen molar-refractivity contribution in [3.63, 3.8) is 0 Å². The number of rotatable bonds is 0. The number of hydrogen-bond donors (Lipinski definition) is 0. The molecule has 20 heavy (non-hydrogen) atoms. The van der Waals surface area contributed by atoms with E-state index in [1.807, 2.05) is 47.0 Å². The summed E-state index contributed by atoms with van der Waals surface area (Å²) in [6, 6.07) is 0. The van der Waals surface area contributed by atoms with Gasteiger partial charge in [0.2, 0.25) is 0 Å². The smallest absolute Gasteiger partial charge is 0.134 e. The highest BCUT2D eigenvalue weighted by molar-refractivity contribution is 8.48. The summed E-state index contributed by atoms with van der Waals surface area (Å²) in [7, 11) is 0. The Morgan fingerprint density at radius 3 is 1.65 bits per heavy atom. The second-order valence-electron chi connectivity index (χ2n) is 4.22. The van der Waals surface area contributed by atoms with Crippen LogP contribution in [0.3, 0.4) is 0 Å². The van der Waals surface area contributed by atoms with Crippen LogP contribution >= 0.6 is 70.6 Å². The summed E-state index contributed by atoms with van der Waals surface area (Å²) >= 11 is 11.1. The normalized spacial score (nSPS) is 20.8. The maximum atomic E-state index is 4.38. The predicted octanol–water partition coefficient (Wildman–Crippen LogP) is 6.14. The minimum Gasteiger partial charge on any atom is -0.245 e. The Morgan fingerprint density at radius 2 is 1.15 bits per heavy atom. The molecule has 0 bridgehead atoms. The third kappa shape index (κ3) is 2.48. The molecule has 0 radical (unpaired) electrons. The molecular weight excluding hydrogens is 365 g/mol. The van der Waals surface area contributed by atoms with Gasteiger partial charge in [-0.3, -0.25) is 0 Å². The van der Waals surface area contributed by atoms with Crippen molar-refractivity contribution in [2.75, 3.05) is 0 Å². The molecule has 1 aromatic heterocycles. The van der Waals surface area contributed by atoms with E-state index in [-0.39, 0.29) is 0 Å². The number of thioether (sulfide) groups is 6. The minimum atomic E-state index is 1.04. The van der Waals surface area contributed by atoms with Gasteiger partial charge in [-0.1, -0.05) is 76.1 Å². The molecule has 0 aromatic carbocycles. The summed E-state index contributed by atoms with van der Waals surface area (Å²) in [5.41, 5.74) is 1.41. The lowest BCUT2D eigenvalue weighted by molar-refractivity contribution is 0.930. The zero-order valence-electron chi connectivity index (χ0n) is 10.5. The second kappa shape index (κ2) is 5.55. The zero-order valence-corrected chi connectivity index (χ0v) is 15.4. The van der Waals surface area contributed by atoms with E-state index in [2.05, 4.69) is 23.8 Å². The average Bonchev–Trinajstić information content (AvgIpc) is 3.09. The van der Waals surface area contributed by atoms with Crippen LogP contribution in [-0.2, 0) is 0 Å². The lowest BCUT2D eigenvalue weighted by Crippen LogP contribution is -1.79. The van der Waals surface area contributed by atoms with Crippen molar-refractivity contribution in [1.82, 2.24) is 9.97 Å². The van der Waals surface area contributed by atoms with Crippen molar-refractivity contribution in [3.05, 3.63) is 39.2 Å². The highest BCUT2D eigenvalue weighted by Crippen LogP contribution is 2.69. The van der Waals surface area contributed by atoms with Gasteiger partial charge < -0.3 is 0 Å². The summed E-state index contributed by atoms with van der Waals surface area (Å²) in [5.74, 6) is 0. The predicted molar refractivity (Wildman–Crippen MR) is 96.5 cm³/mol. The van der Waals surface area contributed by atoms with Gasteiger partial charge in [0, 0.05) is 16.6 Å². The van der Waals surface area contributed by atoms with Crippen molar-refractivity contribution in [2.24, 2.45) is 0 Å². The summed E-state index contributed by atoms with van der Waals surface area (Å²) in [5, 5.41) is 2.08. The van der Waals surface area contributed by atoms with Crippen molar-refractivity contribution in [2.45, 2.75) is 23.9 Å². The molecule has 0 N–H and O–H groups in total. The van der Waals surface area contributed by atoms with Crippen molar-refractivity contribution < 1.29 is 0 Å². The molecule has 3 aliphatic rings. The van der Waals surface area contributed by atoms with E-state index in [0.29, 0.717) is 0 Å². The standard InChI is InChI=1S/C12H8N2S6/c1-5(2)8-17-11-12(18-8)20-10(19-11)9-15-6-7(16-9)14-4-3-13-6/h3-4H,1-2H3. The van der Waals surface area contributed by atoms with E-state index in [9.17, 15) is 0 Å². The lowest BCUT2D eigenvalue weighted by atomic mass is 10.4. The van der Waals surface area contributed by atoms with Crippen LogP contribution in [0.4, 0.5) is 0 Å². The number of allylic oxidation sites excluding steroid dienone is 1. The molecule has 0 aliphatic carbocycles. The van der Waals surface area contributed by atoms with Crippen LogP contribution in [0.5, 0.6) is 0 Å². The number of nitrogens with zero attached hydrogens (tertiary/aromatic N) is 2. The molecule has 0 amide bonds. The molecule has 0 unspecified atom stereocenters. The molecule has 3 aliphatic heterocycles. The molecule has 4 rings (SSSR count). The average molecular weight is 373 g/mol. The quantitative estimate of drug-likeness (QED) is 0.536. The largest absolute Gasteiger partial charge is 0.245 e. The Balaban J connectivity index is 1.56. The molecule has 1 aromatic rings. The zero-order chi connectivity index (χ0) is 13.7. The summed E-state index contributed by atoms with van der Waals surface area (Å²) in [6.45, 7) is 4.37. The van der Waals surface area contributed by atoms with Gasteiger partial charge in [0.25, 0.3) is 0 Å². The van der Waals surface area contributed by atoms with Crippen LogP contribution in [-0.4, -0.2) is 9.97 Å². The van der Waals surface area contributed by atoms with Crippen LogP contribution in [0.2, 0.25) is 0 Å². The Bertz CT molecular complexity index is 653. The maximum Gasteiger partial charge on any atom is 0.134 e. The van der Waals surface area contributed by atoms with Crippen LogP contribution < -0.4 is 0 Å². The molecule has 2 nitrogen and oxygen atoms in total. The lowest BCUT2D eigenvalue weighted by Gasteiger charge is -2.05. The topological polar surface area (TPSA) is 25.8 Å². The van der Waals surface area contributed by atoms with Gasteiger partial charge in [0.1, 0.15) is 10.1 Å². The molecule has 8 heteroatoms. The first-order valence-electron chi connectivity index (χ1n) is 5.75. The van der Waals surface area contributed by atoms with Crippen molar-refractivity contribution in [1.29, 1.82) is 0 Å². The number of aromatic nitrogens is 2. The molecule has 102 valence electrons. The van der Waals surface area contributed by atoms with Crippen LogP contribution in [0.1, 0.15) is 13.8 Å². The first-order valence-corrected chi connectivity index (χ1v) is 10.6. The third-order valence-electron chi connectivity index (χ3n) is 2.50. The summed E-state index contributed by atoms with van der Waals surface area (Å²) in [4.78, 5) is 8.77. The molecule has 0 saturated carbocycles. The second-order valence-corrected chi connectivity index (χ2v) is 11.6. The Morgan fingerprint density at radius 1 is 0.700 bits per heavy atom. The third-order valence-corrected chi connectivity index (χ3v) is 11.4. The van der Waals surface area contributed by atoms with Gasteiger partial charge in [-0.15, -0.1) is 0 Å². The van der Waals surface area contributed by atoms with E-state index >= 15 is 0 Å². The first-order chi connectivity index (χ1) is 9.70. The fourth-order valence-electron chi connectivity index (χ4n) is 1.61. The van der Waals surface area contributed by atoms with Gasteiger partial charge in [0.05, 0.1) is 16.9 Å². The molecule has 4 heterocycles. The van der Waals surface area contributed by atoms with E-state index in [1.165, 1.54) is 26.8 Å². The SMILES string of the molecule is CC(C)=C1SC2=C(S1)SC(=C1Sc3nccnc3S1)S2. The minimum absolute atomic E-state index is 1.04. The van der Waals surface area contributed by atoms with Gasteiger partial charge in [-0.05, 0) is 13.8 Å². The fourth-order valence-corrected chi connectivity index (χ4v) is 10.4. The fraction of sp³-hybridized carbons (Fsp3) is 0.167. The maximum absolute atomic E-state index is 4.38. The highest BCUT2D eigenvalue weighted by Gasteiger charge is 2.34. The van der Waals surface area contributed by atoms with E-state index in [0.717, 1.165) is 10.1 Å². The highest BCUT2D eigenvalue weighted by atomic mass is 32.3. The van der Waals surface area contributed by atoms with Crippen molar-refractivity contribution >= 4 is 70.6 Å².